The second kappa shape index (κ2) is 9.34. The Kier molecular flexibility index (Phi) is 6.01. The second-order valence-electron chi connectivity index (χ2n) is 12.0. The number of benzene rings is 1. The molecule has 4 fully saturated rings. The summed E-state index contributed by atoms with van der Waals surface area (Å²) in [4.78, 5) is 8.36. The van der Waals surface area contributed by atoms with Gasteiger partial charge in [0.1, 0.15) is 6.07 Å². The summed E-state index contributed by atoms with van der Waals surface area (Å²) in [6.07, 6.45) is 1.96. The monoisotopic (exact) mass is 598 g/mol. The molecule has 4 N–H and O–H groups in total. The lowest BCUT2D eigenvalue weighted by Gasteiger charge is -2.62. The summed E-state index contributed by atoms with van der Waals surface area (Å²) < 4.78 is 55.5. The largest absolute Gasteiger partial charge is 0.413 e. The molecule has 4 aliphatic carbocycles. The van der Waals surface area contributed by atoms with Gasteiger partial charge in [0.2, 0.25) is 5.95 Å². The Labute approximate surface area is 244 Å². The minimum atomic E-state index is -4.43. The fourth-order valence-electron chi connectivity index (χ4n) is 6.59. The van der Waals surface area contributed by atoms with Crippen LogP contribution in [-0.4, -0.2) is 33.2 Å². The highest BCUT2D eigenvalue weighted by Crippen LogP contribution is 2.64. The first-order valence-electron chi connectivity index (χ1n) is 13.8. The Hall–Kier alpha value is -3.82. The van der Waals surface area contributed by atoms with Crippen molar-refractivity contribution in [3.05, 3.63) is 70.2 Å². The fourth-order valence-corrected chi connectivity index (χ4v) is 6.86. The van der Waals surface area contributed by atoms with Crippen LogP contribution in [0.25, 0.3) is 10.9 Å². The van der Waals surface area contributed by atoms with Gasteiger partial charge in [0.05, 0.1) is 33.5 Å². The first-order chi connectivity index (χ1) is 20.0. The van der Waals surface area contributed by atoms with Crippen molar-refractivity contribution >= 4 is 33.9 Å². The number of nitrogens with zero attached hydrogens (tertiary/aromatic N) is 4. The van der Waals surface area contributed by atoms with Crippen LogP contribution in [0.1, 0.15) is 55.0 Å². The summed E-state index contributed by atoms with van der Waals surface area (Å²) >= 11 is 6.70. The molecule has 0 amide bonds. The summed E-state index contributed by atoms with van der Waals surface area (Å²) in [5, 5.41) is 18.7. The molecular weight excluding hydrogens is 572 g/mol. The Morgan fingerprint density at radius 1 is 1.24 bits per heavy atom. The second-order valence-corrected chi connectivity index (χ2v) is 12.4. The Morgan fingerprint density at radius 2 is 2.00 bits per heavy atom. The van der Waals surface area contributed by atoms with Crippen LogP contribution in [0, 0.1) is 35.5 Å². The van der Waals surface area contributed by atoms with Crippen molar-refractivity contribution in [2.45, 2.75) is 56.8 Å². The zero-order valence-electron chi connectivity index (χ0n) is 22.5. The molecule has 218 valence electrons. The van der Waals surface area contributed by atoms with Crippen molar-refractivity contribution in [1.29, 1.82) is 5.26 Å². The van der Waals surface area contributed by atoms with Crippen LogP contribution in [0.5, 0.6) is 0 Å². The number of hydrogen-bond acceptors (Lipinski definition) is 8. The van der Waals surface area contributed by atoms with Crippen molar-refractivity contribution in [3.8, 4) is 6.07 Å². The lowest BCUT2D eigenvalue weighted by molar-refractivity contribution is -0.195. The first-order valence-corrected chi connectivity index (χ1v) is 14.1. The summed E-state index contributed by atoms with van der Waals surface area (Å²) in [5.74, 6) is 0.151. The molecule has 2 aromatic heterocycles. The summed E-state index contributed by atoms with van der Waals surface area (Å²) in [5.41, 5.74) is 7.19. The fraction of sp³-hybridized carbons (Fsp3) is 0.414. The van der Waals surface area contributed by atoms with Crippen LogP contribution in [0.4, 0.5) is 28.9 Å². The zero-order chi connectivity index (χ0) is 29.4. The van der Waals surface area contributed by atoms with E-state index >= 15 is 0 Å². The Bertz CT molecular complexity index is 1660. The van der Waals surface area contributed by atoms with Gasteiger partial charge in [0.15, 0.2) is 5.54 Å². The summed E-state index contributed by atoms with van der Waals surface area (Å²) in [7, 11) is 0. The highest BCUT2D eigenvalue weighted by molar-refractivity contribution is 6.35. The minimum absolute atomic E-state index is 0.0313. The molecule has 3 aromatic rings. The smallest absolute Gasteiger partial charge is 0.383 e. The van der Waals surface area contributed by atoms with E-state index in [1.165, 1.54) is 37.7 Å². The van der Waals surface area contributed by atoms with Gasteiger partial charge in [-0.3, -0.25) is 9.99 Å². The molecule has 2 bridgehead atoms. The number of hydrogen-bond donors (Lipinski definition) is 4. The number of pyridine rings is 2. The van der Waals surface area contributed by atoms with E-state index in [1.807, 2.05) is 6.07 Å². The van der Waals surface area contributed by atoms with E-state index in [2.05, 4.69) is 37.6 Å². The number of aromatic nitrogens is 2. The Balaban J connectivity index is 1.27. The quantitative estimate of drug-likeness (QED) is 0.179. The van der Waals surface area contributed by atoms with Crippen LogP contribution >= 0.6 is 11.6 Å². The zero-order valence-corrected chi connectivity index (χ0v) is 23.3. The number of hydrazine groups is 2. The van der Waals surface area contributed by atoms with E-state index in [9.17, 15) is 22.8 Å². The van der Waals surface area contributed by atoms with Gasteiger partial charge in [0, 0.05) is 41.3 Å². The number of fused-ring (bicyclic) bond motifs is 1. The molecular formula is C29H27ClF4N8. The highest BCUT2D eigenvalue weighted by Gasteiger charge is 2.67. The lowest BCUT2D eigenvalue weighted by Crippen LogP contribution is -2.55. The standard InChI is InChI=1S/C29H27ClF4N8/c1-15-19(2-3-23(31)38-15)26(22-13-42(41-40-22)28(4-5-28)29(32,33)34)39-18-6-20-24(37-14-27-8-16(9-27)10-27)17(11-35)12-36-25(20)21(30)7-18/h2-3,6-7,12-13,16,26,39-41H,4-5,8-10,14H2,1H3,(H,36,37)/t16?,26-,27?/m0/s1. The van der Waals surface area contributed by atoms with Gasteiger partial charge in [-0.2, -0.15) is 22.8 Å². The number of halogens is 5. The van der Waals surface area contributed by atoms with Gasteiger partial charge < -0.3 is 16.1 Å². The molecule has 0 unspecified atom stereocenters. The molecule has 5 aliphatic rings. The maximum absolute atomic E-state index is 13.9. The minimum Gasteiger partial charge on any atom is -0.383 e. The van der Waals surface area contributed by atoms with Gasteiger partial charge in [-0.25, -0.2) is 4.98 Å². The lowest BCUT2D eigenvalue weighted by atomic mass is 9.44. The third-order valence-corrected chi connectivity index (χ3v) is 9.47. The van der Waals surface area contributed by atoms with Gasteiger partial charge in [-0.05, 0) is 68.6 Å². The molecule has 42 heavy (non-hydrogen) atoms. The maximum atomic E-state index is 13.9. The van der Waals surface area contributed by atoms with Gasteiger partial charge in [-0.1, -0.05) is 17.7 Å². The maximum Gasteiger partial charge on any atom is 0.413 e. The molecule has 8 rings (SSSR count). The molecule has 13 heteroatoms. The third-order valence-electron chi connectivity index (χ3n) is 9.18. The van der Waals surface area contributed by atoms with Gasteiger partial charge >= 0.3 is 6.18 Å². The van der Waals surface area contributed by atoms with Crippen molar-refractivity contribution in [1.82, 2.24) is 25.9 Å². The number of rotatable bonds is 8. The molecule has 1 aliphatic heterocycles. The molecule has 1 atom stereocenters. The van der Waals surface area contributed by atoms with E-state index in [0.29, 0.717) is 49.8 Å². The molecule has 1 aromatic carbocycles. The Morgan fingerprint density at radius 3 is 2.62 bits per heavy atom. The van der Waals surface area contributed by atoms with Crippen LogP contribution < -0.4 is 21.6 Å². The molecule has 3 heterocycles. The molecule has 0 spiro atoms. The molecule has 0 saturated heterocycles. The van der Waals surface area contributed by atoms with Crippen LogP contribution in [0.3, 0.4) is 0 Å². The van der Waals surface area contributed by atoms with Crippen LogP contribution in [0.2, 0.25) is 5.02 Å². The van der Waals surface area contributed by atoms with Gasteiger partial charge in [-0.15, -0.1) is 5.53 Å². The van der Waals surface area contributed by atoms with Crippen LogP contribution in [0.15, 0.2) is 42.4 Å². The number of alkyl halides is 3. The van der Waals surface area contributed by atoms with Crippen LogP contribution in [-0.2, 0) is 0 Å². The molecule has 8 nitrogen and oxygen atoms in total. The first kappa shape index (κ1) is 27.0. The van der Waals surface area contributed by atoms with Crippen molar-refractivity contribution in [2.75, 3.05) is 17.2 Å². The highest BCUT2D eigenvalue weighted by atomic mass is 35.5. The number of nitrogens with one attached hydrogen (secondary N) is 4. The predicted molar refractivity (Wildman–Crippen MR) is 149 cm³/mol. The number of nitriles is 1. The van der Waals surface area contributed by atoms with Gasteiger partial charge in [0.25, 0.3) is 0 Å². The van der Waals surface area contributed by atoms with E-state index in [-0.39, 0.29) is 18.3 Å². The van der Waals surface area contributed by atoms with E-state index in [1.54, 1.807) is 19.1 Å². The van der Waals surface area contributed by atoms with Crippen molar-refractivity contribution in [2.24, 2.45) is 11.3 Å². The number of anilines is 2. The molecule has 4 saturated carbocycles. The SMILES string of the molecule is Cc1nc(F)ccc1[C@H](Nc1cc(Cl)c2ncc(C#N)c(NCC34CC(C3)C4)c2c1)C1=CN(C2(C(F)(F)F)CC2)NN1. The van der Waals surface area contributed by atoms with E-state index in [0.717, 1.165) is 17.5 Å². The average molecular weight is 599 g/mol. The topological polar surface area (TPSA) is 101 Å². The third kappa shape index (κ3) is 4.29. The average Bonchev–Trinajstić information content (AvgIpc) is 3.57. The summed E-state index contributed by atoms with van der Waals surface area (Å²) in [6.45, 7) is 2.38. The van der Waals surface area contributed by atoms with E-state index < -0.39 is 23.7 Å². The molecule has 0 radical (unpaired) electrons. The number of aryl methyl sites for hydroxylation is 1. The normalized spacial score (nSPS) is 24.2. The van der Waals surface area contributed by atoms with E-state index in [4.69, 9.17) is 11.6 Å². The summed E-state index contributed by atoms with van der Waals surface area (Å²) in [6, 6.07) is 7.71. The van der Waals surface area contributed by atoms with Crippen molar-refractivity contribution < 1.29 is 17.6 Å². The predicted octanol–water partition coefficient (Wildman–Crippen LogP) is 6.23. The van der Waals surface area contributed by atoms with Crippen molar-refractivity contribution in [3.63, 3.8) is 0 Å².